The van der Waals surface area contributed by atoms with Gasteiger partial charge in [0.25, 0.3) is 0 Å². The molecule has 1 aromatic rings. The summed E-state index contributed by atoms with van der Waals surface area (Å²) in [5.74, 6) is -0.519. The van der Waals surface area contributed by atoms with Gasteiger partial charge in [-0.25, -0.2) is 0 Å². The Morgan fingerprint density at radius 3 is 2.33 bits per heavy atom. The van der Waals surface area contributed by atoms with Crippen LogP contribution in [0.1, 0.15) is 57.1 Å². The van der Waals surface area contributed by atoms with Crippen molar-refractivity contribution in [3.8, 4) is 0 Å². The van der Waals surface area contributed by atoms with Crippen LogP contribution in [0.15, 0.2) is 30.3 Å². The van der Waals surface area contributed by atoms with Gasteiger partial charge in [-0.2, -0.15) is 0 Å². The normalized spacial score (nSPS) is 17.9. The average molecular weight is 331 g/mol. The van der Waals surface area contributed by atoms with Crippen molar-refractivity contribution in [3.63, 3.8) is 0 Å². The molecule has 1 aliphatic carbocycles. The van der Waals surface area contributed by atoms with E-state index in [4.69, 9.17) is 11.5 Å². The third-order valence-corrected chi connectivity index (χ3v) is 5.27. The van der Waals surface area contributed by atoms with Gasteiger partial charge in [0.15, 0.2) is 0 Å². The quantitative estimate of drug-likeness (QED) is 0.803. The van der Waals surface area contributed by atoms with E-state index >= 15 is 0 Å². The Morgan fingerprint density at radius 2 is 1.79 bits per heavy atom. The zero-order valence-electron chi connectivity index (χ0n) is 14.5. The molecule has 0 aromatic heterocycles. The van der Waals surface area contributed by atoms with E-state index < -0.39 is 5.91 Å². The van der Waals surface area contributed by atoms with Crippen LogP contribution in [0.2, 0.25) is 0 Å². The van der Waals surface area contributed by atoms with E-state index in [1.165, 1.54) is 6.42 Å². The van der Waals surface area contributed by atoms with E-state index in [2.05, 4.69) is 0 Å². The van der Waals surface area contributed by atoms with Gasteiger partial charge >= 0.3 is 0 Å². The molecule has 1 saturated carbocycles. The van der Waals surface area contributed by atoms with Gasteiger partial charge in [0.2, 0.25) is 11.8 Å². The molecule has 2 amide bonds. The smallest absolute Gasteiger partial charge is 0.237 e. The summed E-state index contributed by atoms with van der Waals surface area (Å²) >= 11 is 0. The molecule has 0 spiro atoms. The van der Waals surface area contributed by atoms with Crippen molar-refractivity contribution in [2.75, 3.05) is 13.1 Å². The lowest BCUT2D eigenvalue weighted by Crippen LogP contribution is -2.44. The maximum Gasteiger partial charge on any atom is 0.237 e. The van der Waals surface area contributed by atoms with Crippen LogP contribution in [0.25, 0.3) is 0 Å². The fraction of sp³-hybridized carbons (Fsp3) is 0.579. The Bertz CT molecular complexity index is 553. The van der Waals surface area contributed by atoms with Crippen molar-refractivity contribution in [3.05, 3.63) is 35.9 Å². The number of carbonyl (C=O) groups excluding carboxylic acids is 2. The van der Waals surface area contributed by atoms with E-state index in [9.17, 15) is 9.59 Å². The second kappa shape index (κ2) is 8.29. The van der Waals surface area contributed by atoms with Gasteiger partial charge in [-0.15, -0.1) is 0 Å². The van der Waals surface area contributed by atoms with Crippen LogP contribution in [0, 0.1) is 5.41 Å². The number of nitrogens with zero attached hydrogens (tertiary/aromatic N) is 1. The third kappa shape index (κ3) is 4.57. The number of primary amides is 1. The van der Waals surface area contributed by atoms with Crippen molar-refractivity contribution >= 4 is 11.8 Å². The highest BCUT2D eigenvalue weighted by molar-refractivity contribution is 5.84. The van der Waals surface area contributed by atoms with Crippen molar-refractivity contribution in [1.29, 1.82) is 0 Å². The van der Waals surface area contributed by atoms with Crippen molar-refractivity contribution in [2.45, 2.75) is 51.5 Å². The molecule has 1 fully saturated rings. The molecule has 5 heteroatoms. The SMILES string of the molecule is C[C@H](c1ccccc1)N(CC(N)=O)C(=O)CC1(CN)CCCCC1. The number of carbonyl (C=O) groups is 2. The van der Waals surface area contributed by atoms with Crippen LogP contribution >= 0.6 is 0 Å². The third-order valence-electron chi connectivity index (χ3n) is 5.27. The van der Waals surface area contributed by atoms with Crippen molar-refractivity contribution in [2.24, 2.45) is 16.9 Å². The van der Waals surface area contributed by atoms with Gasteiger partial charge in [0, 0.05) is 6.42 Å². The molecule has 0 heterocycles. The Labute approximate surface area is 144 Å². The molecule has 5 nitrogen and oxygen atoms in total. The number of rotatable bonds is 7. The fourth-order valence-electron chi connectivity index (χ4n) is 3.70. The van der Waals surface area contributed by atoms with E-state index in [0.717, 1.165) is 31.2 Å². The number of benzene rings is 1. The zero-order chi connectivity index (χ0) is 17.6. The first kappa shape index (κ1) is 18.5. The highest BCUT2D eigenvalue weighted by Crippen LogP contribution is 2.39. The molecular weight excluding hydrogens is 302 g/mol. The Hall–Kier alpha value is -1.88. The van der Waals surface area contributed by atoms with Crippen molar-refractivity contribution < 1.29 is 9.59 Å². The highest BCUT2D eigenvalue weighted by Gasteiger charge is 2.35. The summed E-state index contributed by atoms with van der Waals surface area (Å²) in [6.45, 7) is 2.39. The largest absolute Gasteiger partial charge is 0.368 e. The topological polar surface area (TPSA) is 89.4 Å². The molecule has 1 aliphatic rings. The van der Waals surface area contributed by atoms with Crippen LogP contribution in [-0.4, -0.2) is 29.8 Å². The zero-order valence-corrected chi connectivity index (χ0v) is 14.5. The fourth-order valence-corrected chi connectivity index (χ4v) is 3.70. The first-order valence-electron chi connectivity index (χ1n) is 8.80. The van der Waals surface area contributed by atoms with E-state index in [1.54, 1.807) is 4.90 Å². The summed E-state index contributed by atoms with van der Waals surface area (Å²) < 4.78 is 0. The van der Waals surface area contributed by atoms with Gasteiger partial charge in [0.05, 0.1) is 12.6 Å². The van der Waals surface area contributed by atoms with Gasteiger partial charge < -0.3 is 16.4 Å². The van der Waals surface area contributed by atoms with Crippen LogP contribution in [-0.2, 0) is 9.59 Å². The second-order valence-corrected chi connectivity index (χ2v) is 7.02. The predicted molar refractivity (Wildman–Crippen MR) is 95.0 cm³/mol. The molecule has 0 radical (unpaired) electrons. The molecule has 0 aliphatic heterocycles. The Morgan fingerprint density at radius 1 is 1.17 bits per heavy atom. The molecule has 132 valence electrons. The molecule has 1 aromatic carbocycles. The van der Waals surface area contributed by atoms with Crippen LogP contribution in [0.5, 0.6) is 0 Å². The van der Waals surface area contributed by atoms with Gasteiger partial charge in [0.1, 0.15) is 0 Å². The van der Waals surface area contributed by atoms with Crippen LogP contribution < -0.4 is 11.5 Å². The van der Waals surface area contributed by atoms with Crippen molar-refractivity contribution in [1.82, 2.24) is 4.90 Å². The summed E-state index contributed by atoms with van der Waals surface area (Å²) in [4.78, 5) is 26.1. The van der Waals surface area contributed by atoms with Gasteiger partial charge in [-0.05, 0) is 37.3 Å². The number of nitrogens with two attached hydrogens (primary N) is 2. The second-order valence-electron chi connectivity index (χ2n) is 7.02. The lowest BCUT2D eigenvalue weighted by atomic mass is 9.71. The lowest BCUT2D eigenvalue weighted by Gasteiger charge is -2.38. The molecule has 0 bridgehead atoms. The molecule has 0 saturated heterocycles. The monoisotopic (exact) mass is 331 g/mol. The van der Waals surface area contributed by atoms with Gasteiger partial charge in [-0.3, -0.25) is 9.59 Å². The summed E-state index contributed by atoms with van der Waals surface area (Å²) in [6, 6.07) is 9.53. The summed E-state index contributed by atoms with van der Waals surface area (Å²) in [6.07, 6.45) is 5.82. The lowest BCUT2D eigenvalue weighted by molar-refractivity contribution is -0.140. The molecule has 1 atom stereocenters. The predicted octanol–water partition coefficient (Wildman–Crippen LogP) is 2.36. The first-order valence-corrected chi connectivity index (χ1v) is 8.80. The maximum atomic E-state index is 13.0. The highest BCUT2D eigenvalue weighted by atomic mass is 16.2. The number of amides is 2. The maximum absolute atomic E-state index is 13.0. The molecule has 0 unspecified atom stereocenters. The summed E-state index contributed by atoms with van der Waals surface area (Å²) in [5, 5.41) is 0. The van der Waals surface area contributed by atoms with Crippen LogP contribution in [0.3, 0.4) is 0 Å². The number of hydrogen-bond acceptors (Lipinski definition) is 3. The van der Waals surface area contributed by atoms with Gasteiger partial charge in [-0.1, -0.05) is 49.6 Å². The van der Waals surface area contributed by atoms with Crippen LogP contribution in [0.4, 0.5) is 0 Å². The minimum Gasteiger partial charge on any atom is -0.368 e. The number of hydrogen-bond donors (Lipinski definition) is 2. The Balaban J connectivity index is 2.17. The minimum absolute atomic E-state index is 0.0301. The average Bonchev–Trinajstić information content (AvgIpc) is 2.60. The molecule has 4 N–H and O–H groups in total. The molecule has 2 rings (SSSR count). The Kier molecular flexibility index (Phi) is 6.37. The van der Waals surface area contributed by atoms with E-state index in [1.807, 2.05) is 37.3 Å². The van der Waals surface area contributed by atoms with E-state index in [0.29, 0.717) is 13.0 Å². The van der Waals surface area contributed by atoms with E-state index in [-0.39, 0.29) is 23.9 Å². The standard InChI is InChI=1S/C19H29N3O2/c1-15(16-8-4-2-5-9-16)22(13-17(21)23)18(24)12-19(14-20)10-6-3-7-11-19/h2,4-5,8-9,15H,3,6-7,10-14,20H2,1H3,(H2,21,23)/t15-/m1/s1. The minimum atomic E-state index is -0.489. The summed E-state index contributed by atoms with van der Waals surface area (Å²) in [5.41, 5.74) is 12.3. The molecular formula is C19H29N3O2. The molecule has 24 heavy (non-hydrogen) atoms. The summed E-state index contributed by atoms with van der Waals surface area (Å²) in [7, 11) is 0. The first-order chi connectivity index (χ1) is 11.5.